The molecule has 0 amide bonds. The number of hydrogen-bond acceptors (Lipinski definition) is 6. The molecule has 2 N–H and O–H groups in total. The molecule has 0 saturated heterocycles. The zero-order chi connectivity index (χ0) is 13.4. The lowest BCUT2D eigenvalue weighted by Gasteiger charge is -2.22. The molecule has 18 heavy (non-hydrogen) atoms. The molecule has 0 saturated carbocycles. The minimum absolute atomic E-state index is 0.440. The summed E-state index contributed by atoms with van der Waals surface area (Å²) in [5, 5.41) is 8.68. The second kappa shape index (κ2) is 7.45. The van der Waals surface area contributed by atoms with Gasteiger partial charge in [-0.25, -0.2) is 9.97 Å². The van der Waals surface area contributed by atoms with Gasteiger partial charge in [-0.3, -0.25) is 0 Å². The number of anilines is 2. The Morgan fingerprint density at radius 1 is 1.44 bits per heavy atom. The van der Waals surface area contributed by atoms with Crippen molar-refractivity contribution < 1.29 is 4.74 Å². The smallest absolute Gasteiger partial charge is 0.134 e. The Morgan fingerprint density at radius 2 is 2.22 bits per heavy atom. The van der Waals surface area contributed by atoms with Crippen molar-refractivity contribution in [3.8, 4) is 6.07 Å². The van der Waals surface area contributed by atoms with Gasteiger partial charge in [0.05, 0.1) is 19.1 Å². The second-order valence-corrected chi connectivity index (χ2v) is 3.81. The first-order chi connectivity index (χ1) is 8.71. The van der Waals surface area contributed by atoms with Gasteiger partial charge in [-0.1, -0.05) is 6.92 Å². The van der Waals surface area contributed by atoms with Crippen molar-refractivity contribution >= 4 is 11.6 Å². The first-order valence-electron chi connectivity index (χ1n) is 5.95. The number of hydrogen-bond donors (Lipinski definition) is 1. The lowest BCUT2D eigenvalue weighted by atomic mass is 10.3. The van der Waals surface area contributed by atoms with Crippen LogP contribution >= 0.6 is 0 Å². The highest BCUT2D eigenvalue weighted by Crippen LogP contribution is 2.14. The summed E-state index contributed by atoms with van der Waals surface area (Å²) in [5.74, 6) is 1.92. The SMILES string of the molecule is CCc1nc(N)cc(N(CCC#N)CCOC)n1. The minimum Gasteiger partial charge on any atom is -0.384 e. The quantitative estimate of drug-likeness (QED) is 0.775. The van der Waals surface area contributed by atoms with Crippen molar-refractivity contribution in [3.05, 3.63) is 11.9 Å². The van der Waals surface area contributed by atoms with Crippen molar-refractivity contribution in [2.45, 2.75) is 19.8 Å². The predicted molar refractivity (Wildman–Crippen MR) is 70.1 cm³/mol. The van der Waals surface area contributed by atoms with Gasteiger partial charge in [0.2, 0.25) is 0 Å². The normalized spacial score (nSPS) is 10.1. The van der Waals surface area contributed by atoms with E-state index < -0.39 is 0 Å². The maximum Gasteiger partial charge on any atom is 0.134 e. The van der Waals surface area contributed by atoms with Crippen LogP contribution in [0.5, 0.6) is 0 Å². The molecule has 0 bridgehead atoms. The second-order valence-electron chi connectivity index (χ2n) is 3.81. The van der Waals surface area contributed by atoms with Gasteiger partial charge in [-0.2, -0.15) is 5.26 Å². The number of methoxy groups -OCH3 is 1. The number of rotatable bonds is 7. The fourth-order valence-corrected chi connectivity index (χ4v) is 1.55. The van der Waals surface area contributed by atoms with Crippen LogP contribution in [0, 0.1) is 11.3 Å². The Morgan fingerprint density at radius 3 is 2.83 bits per heavy atom. The van der Waals surface area contributed by atoms with Crippen molar-refractivity contribution in [1.82, 2.24) is 9.97 Å². The third kappa shape index (κ3) is 4.18. The number of nitrogens with zero attached hydrogens (tertiary/aromatic N) is 4. The topological polar surface area (TPSA) is 88.1 Å². The molecule has 0 fully saturated rings. The standard InChI is InChI=1S/C12H19N5O/c1-3-11-15-10(14)9-12(16-11)17(6-4-5-13)7-8-18-2/h9H,3-4,6-8H2,1-2H3,(H2,14,15,16). The molecule has 1 aromatic rings. The van der Waals surface area contributed by atoms with Gasteiger partial charge >= 0.3 is 0 Å². The van der Waals surface area contributed by atoms with Crippen LogP contribution in [0.3, 0.4) is 0 Å². The van der Waals surface area contributed by atoms with Crippen LogP contribution in [0.25, 0.3) is 0 Å². The van der Waals surface area contributed by atoms with Gasteiger partial charge in [0, 0.05) is 32.7 Å². The average molecular weight is 249 g/mol. The van der Waals surface area contributed by atoms with Gasteiger partial charge in [-0.15, -0.1) is 0 Å². The van der Waals surface area contributed by atoms with E-state index in [9.17, 15) is 0 Å². The number of aryl methyl sites for hydroxylation is 1. The number of ether oxygens (including phenoxy) is 1. The highest BCUT2D eigenvalue weighted by atomic mass is 16.5. The Labute approximate surface area is 107 Å². The molecule has 0 aromatic carbocycles. The van der Waals surface area contributed by atoms with Crippen LogP contribution in [0.15, 0.2) is 6.07 Å². The molecule has 0 aliphatic rings. The van der Waals surface area contributed by atoms with Gasteiger partial charge in [0.1, 0.15) is 17.5 Å². The van der Waals surface area contributed by atoms with Crippen LogP contribution in [0.2, 0.25) is 0 Å². The minimum atomic E-state index is 0.440. The summed E-state index contributed by atoms with van der Waals surface area (Å²) >= 11 is 0. The first kappa shape index (κ1) is 14.2. The maximum atomic E-state index is 8.68. The van der Waals surface area contributed by atoms with E-state index in [1.807, 2.05) is 11.8 Å². The summed E-state index contributed by atoms with van der Waals surface area (Å²) in [6.45, 7) is 3.85. The van der Waals surface area contributed by atoms with Crippen molar-refractivity contribution in [1.29, 1.82) is 5.26 Å². The fraction of sp³-hybridized carbons (Fsp3) is 0.583. The van der Waals surface area contributed by atoms with E-state index in [1.165, 1.54) is 0 Å². The molecule has 98 valence electrons. The molecule has 6 heteroatoms. The van der Waals surface area contributed by atoms with Crippen LogP contribution in [-0.4, -0.2) is 36.8 Å². The molecule has 0 unspecified atom stereocenters. The molecule has 6 nitrogen and oxygen atoms in total. The van der Waals surface area contributed by atoms with Crippen molar-refractivity contribution in [2.75, 3.05) is 37.4 Å². The van der Waals surface area contributed by atoms with Crippen LogP contribution < -0.4 is 10.6 Å². The number of aromatic nitrogens is 2. The Hall–Kier alpha value is -1.87. The van der Waals surface area contributed by atoms with Crippen molar-refractivity contribution in [2.24, 2.45) is 0 Å². The number of nitrogen functional groups attached to an aromatic ring is 1. The molecule has 0 aliphatic carbocycles. The van der Waals surface area contributed by atoms with E-state index in [0.29, 0.717) is 37.8 Å². The molecule has 1 heterocycles. The van der Waals surface area contributed by atoms with Gasteiger partial charge in [-0.05, 0) is 0 Å². The van der Waals surface area contributed by atoms with Crippen LogP contribution in [0.4, 0.5) is 11.6 Å². The molecule has 0 aliphatic heterocycles. The van der Waals surface area contributed by atoms with E-state index in [4.69, 9.17) is 15.7 Å². The predicted octanol–water partition coefficient (Wildman–Crippen LogP) is 0.988. The molecule has 0 radical (unpaired) electrons. The highest BCUT2D eigenvalue weighted by Gasteiger charge is 2.10. The summed E-state index contributed by atoms with van der Waals surface area (Å²) in [6, 6.07) is 3.86. The number of nitriles is 1. The Kier molecular flexibility index (Phi) is 5.88. The lowest BCUT2D eigenvalue weighted by Crippen LogP contribution is -2.29. The summed E-state index contributed by atoms with van der Waals surface area (Å²) in [7, 11) is 1.65. The van der Waals surface area contributed by atoms with Gasteiger partial charge in [0.15, 0.2) is 0 Å². The largest absolute Gasteiger partial charge is 0.384 e. The molecular formula is C12H19N5O. The molecule has 0 atom stereocenters. The molecule has 1 aromatic heterocycles. The average Bonchev–Trinajstić information content (AvgIpc) is 2.38. The van der Waals surface area contributed by atoms with E-state index >= 15 is 0 Å². The van der Waals surface area contributed by atoms with E-state index in [1.54, 1.807) is 13.2 Å². The molecule has 0 spiro atoms. The summed E-state index contributed by atoms with van der Waals surface area (Å²) in [5.41, 5.74) is 5.76. The summed E-state index contributed by atoms with van der Waals surface area (Å²) in [6.07, 6.45) is 1.17. The van der Waals surface area contributed by atoms with E-state index in [0.717, 1.165) is 12.2 Å². The summed E-state index contributed by atoms with van der Waals surface area (Å²) < 4.78 is 5.06. The molecule has 1 rings (SSSR count). The Balaban J connectivity index is 2.88. The zero-order valence-corrected chi connectivity index (χ0v) is 10.9. The van der Waals surface area contributed by atoms with Gasteiger partial charge in [0.25, 0.3) is 0 Å². The monoisotopic (exact) mass is 249 g/mol. The fourth-order valence-electron chi connectivity index (χ4n) is 1.55. The van der Waals surface area contributed by atoms with Gasteiger partial charge < -0.3 is 15.4 Å². The lowest BCUT2D eigenvalue weighted by molar-refractivity contribution is 0.205. The van der Waals surface area contributed by atoms with E-state index in [2.05, 4.69) is 16.0 Å². The van der Waals surface area contributed by atoms with E-state index in [-0.39, 0.29) is 0 Å². The molecular weight excluding hydrogens is 230 g/mol. The highest BCUT2D eigenvalue weighted by molar-refractivity contribution is 5.47. The number of nitrogens with two attached hydrogens (primary N) is 1. The van der Waals surface area contributed by atoms with Crippen molar-refractivity contribution in [3.63, 3.8) is 0 Å². The third-order valence-electron chi connectivity index (χ3n) is 2.48. The third-order valence-corrected chi connectivity index (χ3v) is 2.48. The van der Waals surface area contributed by atoms with Crippen LogP contribution in [-0.2, 0) is 11.2 Å². The summed E-state index contributed by atoms with van der Waals surface area (Å²) in [4.78, 5) is 10.6. The zero-order valence-electron chi connectivity index (χ0n) is 10.9. The Bertz CT molecular complexity index is 415. The maximum absolute atomic E-state index is 8.68. The van der Waals surface area contributed by atoms with Crippen LogP contribution in [0.1, 0.15) is 19.2 Å². The first-order valence-corrected chi connectivity index (χ1v) is 5.95.